The number of likely N-dealkylation sites (tertiary alicyclic amines) is 1. The molecule has 9 heteroatoms. The van der Waals surface area contributed by atoms with E-state index in [1.54, 1.807) is 18.3 Å². The van der Waals surface area contributed by atoms with Crippen molar-refractivity contribution in [2.45, 2.75) is 18.9 Å². The lowest BCUT2D eigenvalue weighted by atomic mass is 10.2. The number of rotatable bonds is 3. The Labute approximate surface area is 154 Å². The Bertz CT molecular complexity index is 846. The Kier molecular flexibility index (Phi) is 5.60. The smallest absolute Gasteiger partial charge is 0.323 e. The summed E-state index contributed by atoms with van der Waals surface area (Å²) in [7, 11) is 0. The number of nitrogens with one attached hydrogen (secondary N) is 3. The molecule has 0 radical (unpaired) electrons. The summed E-state index contributed by atoms with van der Waals surface area (Å²) in [5.41, 5.74) is 4.73. The second-order valence-electron chi connectivity index (χ2n) is 5.95. The van der Waals surface area contributed by atoms with Gasteiger partial charge in [-0.05, 0) is 37.1 Å². The third kappa shape index (κ3) is 4.38. The normalized spacial score (nSPS) is 15.9. The summed E-state index contributed by atoms with van der Waals surface area (Å²) >= 11 is 0. The summed E-state index contributed by atoms with van der Waals surface area (Å²) in [5, 5.41) is 2.71. The summed E-state index contributed by atoms with van der Waals surface area (Å²) in [6.07, 6.45) is 4.25. The van der Waals surface area contributed by atoms with Crippen molar-refractivity contribution >= 4 is 23.5 Å². The molecule has 140 valence electrons. The molecule has 0 aliphatic carbocycles. The van der Waals surface area contributed by atoms with Crippen molar-refractivity contribution in [1.29, 1.82) is 0 Å². The Balaban J connectivity index is 1.58. The molecular weight excluding hydrogens is 353 g/mol. The Morgan fingerprint density at radius 1 is 1.11 bits per heavy atom. The molecule has 3 rings (SSSR count). The number of halogens is 1. The van der Waals surface area contributed by atoms with Gasteiger partial charge in [-0.25, -0.2) is 14.6 Å². The molecule has 2 aromatic rings. The number of amides is 4. The summed E-state index contributed by atoms with van der Waals surface area (Å²) in [5.74, 6) is -1.81. The number of hydrogen-bond acceptors (Lipinski definition) is 4. The highest BCUT2D eigenvalue weighted by molar-refractivity contribution is 5.98. The van der Waals surface area contributed by atoms with Gasteiger partial charge >= 0.3 is 6.03 Å². The van der Waals surface area contributed by atoms with E-state index in [0.717, 1.165) is 6.07 Å². The number of pyridine rings is 1. The quantitative estimate of drug-likeness (QED) is 0.714. The van der Waals surface area contributed by atoms with Crippen molar-refractivity contribution < 1.29 is 18.8 Å². The first-order chi connectivity index (χ1) is 13.1. The zero-order valence-corrected chi connectivity index (χ0v) is 14.3. The van der Waals surface area contributed by atoms with E-state index < -0.39 is 23.8 Å². The van der Waals surface area contributed by atoms with Gasteiger partial charge in [-0.3, -0.25) is 20.0 Å². The zero-order valence-electron chi connectivity index (χ0n) is 14.3. The molecule has 0 saturated carbocycles. The first kappa shape index (κ1) is 18.3. The van der Waals surface area contributed by atoms with Gasteiger partial charge in [0.25, 0.3) is 5.91 Å². The van der Waals surface area contributed by atoms with Gasteiger partial charge in [0.2, 0.25) is 5.91 Å². The van der Waals surface area contributed by atoms with Crippen LogP contribution >= 0.6 is 0 Å². The second kappa shape index (κ2) is 8.26. The molecule has 1 atom stereocenters. The minimum absolute atomic E-state index is 0.190. The highest BCUT2D eigenvalue weighted by Crippen LogP contribution is 2.19. The molecule has 27 heavy (non-hydrogen) atoms. The standard InChI is InChI=1S/C18H18FN5O3/c19-14-7-2-1-6-13(14)16(25)22-23-18(27)24-10-4-8-15(24)17(26)21-12-5-3-9-20-11-12/h1-3,5-7,9,11,15H,4,8,10H2,(H,21,26)(H,22,25)(H,23,27)/t15-/m0/s1. The molecule has 1 saturated heterocycles. The summed E-state index contributed by atoms with van der Waals surface area (Å²) in [4.78, 5) is 42.0. The number of anilines is 1. The van der Waals surface area contributed by atoms with Gasteiger partial charge < -0.3 is 10.2 Å². The number of nitrogens with zero attached hydrogens (tertiary/aromatic N) is 2. The van der Waals surface area contributed by atoms with Gasteiger partial charge in [0.05, 0.1) is 17.4 Å². The van der Waals surface area contributed by atoms with Crippen molar-refractivity contribution in [2.24, 2.45) is 0 Å². The SMILES string of the molecule is O=C(NNC(=O)N1CCC[C@H]1C(=O)Nc1cccnc1)c1ccccc1F. The molecule has 3 N–H and O–H groups in total. The molecule has 1 aromatic heterocycles. The van der Waals surface area contributed by atoms with Crippen LogP contribution in [0.25, 0.3) is 0 Å². The molecule has 0 spiro atoms. The van der Waals surface area contributed by atoms with E-state index in [9.17, 15) is 18.8 Å². The van der Waals surface area contributed by atoms with E-state index in [-0.39, 0.29) is 11.5 Å². The van der Waals surface area contributed by atoms with Crippen molar-refractivity contribution in [3.8, 4) is 0 Å². The lowest BCUT2D eigenvalue weighted by Crippen LogP contribution is -2.52. The fourth-order valence-corrected chi connectivity index (χ4v) is 2.84. The number of carbonyl (C=O) groups is 3. The van der Waals surface area contributed by atoms with Crippen LogP contribution in [0, 0.1) is 5.82 Å². The van der Waals surface area contributed by atoms with Gasteiger partial charge in [0, 0.05) is 12.7 Å². The highest BCUT2D eigenvalue weighted by atomic mass is 19.1. The minimum Gasteiger partial charge on any atom is -0.323 e. The number of hydrazine groups is 1. The van der Waals surface area contributed by atoms with Crippen molar-refractivity contribution in [3.05, 3.63) is 60.2 Å². The first-order valence-electron chi connectivity index (χ1n) is 8.38. The van der Waals surface area contributed by atoms with Gasteiger partial charge in [0.1, 0.15) is 11.9 Å². The summed E-state index contributed by atoms with van der Waals surface area (Å²) < 4.78 is 13.6. The number of hydrogen-bond donors (Lipinski definition) is 3. The van der Waals surface area contributed by atoms with Crippen LogP contribution in [0.3, 0.4) is 0 Å². The van der Waals surface area contributed by atoms with E-state index in [1.165, 1.54) is 29.3 Å². The van der Waals surface area contributed by atoms with Crippen LogP contribution in [-0.2, 0) is 4.79 Å². The van der Waals surface area contributed by atoms with Gasteiger partial charge in [-0.15, -0.1) is 0 Å². The van der Waals surface area contributed by atoms with Crippen molar-refractivity contribution in [2.75, 3.05) is 11.9 Å². The molecule has 2 heterocycles. The number of carbonyl (C=O) groups excluding carboxylic acids is 3. The van der Waals surface area contributed by atoms with E-state index in [0.29, 0.717) is 25.1 Å². The van der Waals surface area contributed by atoms with E-state index in [1.807, 2.05) is 0 Å². The third-order valence-corrected chi connectivity index (χ3v) is 4.15. The monoisotopic (exact) mass is 371 g/mol. The molecule has 1 aromatic carbocycles. The average Bonchev–Trinajstić information content (AvgIpc) is 3.17. The number of urea groups is 1. The second-order valence-corrected chi connectivity index (χ2v) is 5.95. The first-order valence-corrected chi connectivity index (χ1v) is 8.38. The maximum Gasteiger partial charge on any atom is 0.336 e. The van der Waals surface area contributed by atoms with Crippen LogP contribution in [0.2, 0.25) is 0 Å². The van der Waals surface area contributed by atoms with Crippen LogP contribution in [0.15, 0.2) is 48.8 Å². The molecular formula is C18H18FN5O3. The Morgan fingerprint density at radius 2 is 1.93 bits per heavy atom. The Hall–Kier alpha value is -3.49. The predicted molar refractivity (Wildman–Crippen MR) is 95.0 cm³/mol. The molecule has 1 aliphatic rings. The Morgan fingerprint density at radius 3 is 2.67 bits per heavy atom. The van der Waals surface area contributed by atoms with Gasteiger partial charge in [-0.2, -0.15) is 0 Å². The topological polar surface area (TPSA) is 103 Å². The zero-order chi connectivity index (χ0) is 19.2. The van der Waals surface area contributed by atoms with E-state index >= 15 is 0 Å². The molecule has 4 amide bonds. The largest absolute Gasteiger partial charge is 0.336 e. The van der Waals surface area contributed by atoms with Crippen molar-refractivity contribution in [1.82, 2.24) is 20.7 Å². The number of benzene rings is 1. The van der Waals surface area contributed by atoms with Gasteiger partial charge in [0.15, 0.2) is 0 Å². The fraction of sp³-hybridized carbons (Fsp3) is 0.222. The van der Waals surface area contributed by atoms with Crippen molar-refractivity contribution in [3.63, 3.8) is 0 Å². The summed E-state index contributed by atoms with van der Waals surface area (Å²) in [6.45, 7) is 0.368. The average molecular weight is 371 g/mol. The van der Waals surface area contributed by atoms with E-state index in [4.69, 9.17) is 0 Å². The van der Waals surface area contributed by atoms with Crippen LogP contribution in [0.5, 0.6) is 0 Å². The maximum absolute atomic E-state index is 13.6. The van der Waals surface area contributed by atoms with Crippen LogP contribution in [0.4, 0.5) is 14.9 Å². The molecule has 8 nitrogen and oxygen atoms in total. The predicted octanol–water partition coefficient (Wildman–Crippen LogP) is 1.68. The number of aromatic nitrogens is 1. The molecule has 1 fully saturated rings. The third-order valence-electron chi connectivity index (χ3n) is 4.15. The lowest BCUT2D eigenvalue weighted by molar-refractivity contribution is -0.119. The lowest BCUT2D eigenvalue weighted by Gasteiger charge is -2.24. The van der Waals surface area contributed by atoms with E-state index in [2.05, 4.69) is 21.2 Å². The molecule has 1 aliphatic heterocycles. The molecule has 0 unspecified atom stereocenters. The van der Waals surface area contributed by atoms with Crippen LogP contribution in [-0.4, -0.2) is 40.3 Å². The maximum atomic E-state index is 13.6. The summed E-state index contributed by atoms with van der Waals surface area (Å²) in [6, 6.07) is 7.50. The minimum atomic E-state index is -0.781. The molecule has 0 bridgehead atoms. The highest BCUT2D eigenvalue weighted by Gasteiger charge is 2.34. The van der Waals surface area contributed by atoms with Crippen LogP contribution < -0.4 is 16.2 Å². The van der Waals surface area contributed by atoms with Crippen LogP contribution in [0.1, 0.15) is 23.2 Å². The van der Waals surface area contributed by atoms with Gasteiger partial charge in [-0.1, -0.05) is 12.1 Å². The fourth-order valence-electron chi connectivity index (χ4n) is 2.84.